The maximum absolute atomic E-state index is 12.6. The van der Waals surface area contributed by atoms with Crippen LogP contribution in [0.4, 0.5) is 0 Å². The molecule has 1 unspecified atom stereocenters. The summed E-state index contributed by atoms with van der Waals surface area (Å²) < 4.78 is 26.6. The zero-order chi connectivity index (χ0) is 15.6. The molecule has 0 fully saturated rings. The van der Waals surface area contributed by atoms with Gasteiger partial charge in [-0.25, -0.2) is 8.42 Å². The van der Waals surface area contributed by atoms with Gasteiger partial charge >= 0.3 is 5.97 Å². The summed E-state index contributed by atoms with van der Waals surface area (Å²) >= 11 is 2.51. The molecule has 0 saturated carbocycles. The van der Waals surface area contributed by atoms with Crippen molar-refractivity contribution in [2.45, 2.75) is 23.6 Å². The van der Waals surface area contributed by atoms with Gasteiger partial charge in [0.15, 0.2) is 0 Å². The summed E-state index contributed by atoms with van der Waals surface area (Å²) in [5.41, 5.74) is 0. The molecule has 0 bridgehead atoms. The van der Waals surface area contributed by atoms with Crippen molar-refractivity contribution in [3.05, 3.63) is 39.4 Å². The van der Waals surface area contributed by atoms with E-state index >= 15 is 0 Å². The number of sulfonamides is 1. The summed E-state index contributed by atoms with van der Waals surface area (Å²) in [4.78, 5) is 12.2. The Morgan fingerprint density at radius 3 is 2.67 bits per heavy atom. The SMILES string of the molecule is CC(c1cccs1)N(C)S(=O)(=O)c1ccc(CC(=O)O)s1. The van der Waals surface area contributed by atoms with E-state index in [2.05, 4.69) is 0 Å². The minimum absolute atomic E-state index is 0.162. The largest absolute Gasteiger partial charge is 0.481 e. The lowest BCUT2D eigenvalue weighted by Crippen LogP contribution is -2.28. The lowest BCUT2D eigenvalue weighted by Gasteiger charge is -2.22. The zero-order valence-electron chi connectivity index (χ0n) is 11.5. The Morgan fingerprint density at radius 1 is 1.38 bits per heavy atom. The highest BCUT2D eigenvalue weighted by Crippen LogP contribution is 2.31. The Bertz CT molecular complexity index is 718. The van der Waals surface area contributed by atoms with Crippen LogP contribution >= 0.6 is 22.7 Å². The van der Waals surface area contributed by atoms with Crippen molar-refractivity contribution in [3.8, 4) is 0 Å². The van der Waals surface area contributed by atoms with Gasteiger partial charge in [0.2, 0.25) is 0 Å². The molecule has 0 aliphatic carbocycles. The first-order chi connectivity index (χ1) is 9.82. The number of carbonyl (C=O) groups is 1. The number of carboxylic acids is 1. The molecule has 8 heteroatoms. The van der Waals surface area contributed by atoms with Crippen molar-refractivity contribution in [2.75, 3.05) is 7.05 Å². The van der Waals surface area contributed by atoms with Gasteiger partial charge in [-0.05, 0) is 30.5 Å². The highest BCUT2D eigenvalue weighted by molar-refractivity contribution is 7.91. The first-order valence-corrected chi connectivity index (χ1v) is 9.28. The number of thiophene rings is 2. The van der Waals surface area contributed by atoms with E-state index in [0.29, 0.717) is 4.88 Å². The third kappa shape index (κ3) is 3.52. The Kier molecular flexibility index (Phi) is 4.82. The van der Waals surface area contributed by atoms with E-state index in [-0.39, 0.29) is 16.7 Å². The van der Waals surface area contributed by atoms with Gasteiger partial charge in [-0.2, -0.15) is 4.31 Å². The van der Waals surface area contributed by atoms with Crippen LogP contribution in [0.5, 0.6) is 0 Å². The lowest BCUT2D eigenvalue weighted by atomic mass is 10.3. The Hall–Kier alpha value is -1.22. The summed E-state index contributed by atoms with van der Waals surface area (Å²) in [7, 11) is -2.08. The van der Waals surface area contributed by atoms with Gasteiger partial charge in [0.1, 0.15) is 4.21 Å². The number of nitrogens with zero attached hydrogens (tertiary/aromatic N) is 1. The predicted octanol–water partition coefficient (Wildman–Crippen LogP) is 2.82. The number of aliphatic carboxylic acids is 1. The van der Waals surface area contributed by atoms with Crippen LogP contribution in [0, 0.1) is 0 Å². The van der Waals surface area contributed by atoms with Gasteiger partial charge in [-0.15, -0.1) is 22.7 Å². The van der Waals surface area contributed by atoms with Gasteiger partial charge in [-0.3, -0.25) is 4.79 Å². The molecule has 114 valence electrons. The van der Waals surface area contributed by atoms with Crippen molar-refractivity contribution in [1.29, 1.82) is 0 Å². The van der Waals surface area contributed by atoms with Crippen LogP contribution in [0.25, 0.3) is 0 Å². The molecule has 1 N–H and O–H groups in total. The summed E-state index contributed by atoms with van der Waals surface area (Å²) in [6, 6.07) is 6.53. The maximum atomic E-state index is 12.6. The average Bonchev–Trinajstić information content (AvgIpc) is 3.06. The maximum Gasteiger partial charge on any atom is 0.308 e. The summed E-state index contributed by atoms with van der Waals surface area (Å²) in [6.07, 6.45) is -0.162. The molecule has 2 aromatic heterocycles. The van der Waals surface area contributed by atoms with Crippen LogP contribution < -0.4 is 0 Å². The third-order valence-corrected chi connectivity index (χ3v) is 7.62. The van der Waals surface area contributed by atoms with Crippen LogP contribution in [-0.2, 0) is 21.2 Å². The predicted molar refractivity (Wildman–Crippen MR) is 83.3 cm³/mol. The monoisotopic (exact) mass is 345 g/mol. The van der Waals surface area contributed by atoms with E-state index in [0.717, 1.165) is 16.2 Å². The van der Waals surface area contributed by atoms with Crippen molar-refractivity contribution in [1.82, 2.24) is 4.31 Å². The van der Waals surface area contributed by atoms with E-state index in [1.54, 1.807) is 6.07 Å². The standard InChI is InChI=1S/C13H15NO4S3/c1-9(11-4-3-7-19-11)14(2)21(17,18)13-6-5-10(20-13)8-12(15)16/h3-7,9H,8H2,1-2H3,(H,15,16). The van der Waals surface area contributed by atoms with Gasteiger partial charge in [0, 0.05) is 16.8 Å². The van der Waals surface area contributed by atoms with E-state index < -0.39 is 16.0 Å². The minimum atomic E-state index is -3.61. The third-order valence-electron chi connectivity index (χ3n) is 3.10. The van der Waals surface area contributed by atoms with Crippen molar-refractivity contribution >= 4 is 38.7 Å². The molecule has 2 aromatic rings. The number of rotatable bonds is 6. The Labute approximate surface area is 131 Å². The fraction of sp³-hybridized carbons (Fsp3) is 0.308. The van der Waals surface area contributed by atoms with Crippen LogP contribution in [-0.4, -0.2) is 30.8 Å². The molecular weight excluding hydrogens is 330 g/mol. The van der Waals surface area contributed by atoms with Crippen LogP contribution in [0.15, 0.2) is 33.9 Å². The van der Waals surface area contributed by atoms with Crippen molar-refractivity contribution in [3.63, 3.8) is 0 Å². The fourth-order valence-corrected chi connectivity index (χ4v) is 5.57. The highest BCUT2D eigenvalue weighted by Gasteiger charge is 2.28. The molecule has 2 heterocycles. The number of carboxylic acid groups (broad SMARTS) is 1. The van der Waals surface area contributed by atoms with Crippen molar-refractivity contribution in [2.24, 2.45) is 0 Å². The highest BCUT2D eigenvalue weighted by atomic mass is 32.2. The second-order valence-corrected chi connectivity index (χ2v) is 8.88. The molecule has 0 saturated heterocycles. The molecule has 21 heavy (non-hydrogen) atoms. The molecular formula is C13H15NO4S3. The topological polar surface area (TPSA) is 74.7 Å². The Balaban J connectivity index is 2.24. The molecule has 2 rings (SSSR count). The fourth-order valence-electron chi connectivity index (χ4n) is 1.80. The molecule has 0 radical (unpaired) electrons. The van der Waals surface area contributed by atoms with Crippen LogP contribution in [0.3, 0.4) is 0 Å². The molecule has 5 nitrogen and oxygen atoms in total. The molecule has 0 aliphatic heterocycles. The molecule has 0 spiro atoms. The average molecular weight is 345 g/mol. The first-order valence-electron chi connectivity index (χ1n) is 6.14. The molecule has 1 atom stereocenters. The van der Waals surface area contributed by atoms with Gasteiger partial charge in [0.25, 0.3) is 10.0 Å². The zero-order valence-corrected chi connectivity index (χ0v) is 14.0. The molecule has 0 aliphatic rings. The summed E-state index contributed by atoms with van der Waals surface area (Å²) in [5.74, 6) is -0.971. The van der Waals surface area contributed by atoms with Gasteiger partial charge in [-0.1, -0.05) is 6.07 Å². The van der Waals surface area contributed by atoms with E-state index in [1.807, 2.05) is 24.4 Å². The first kappa shape index (κ1) is 16.2. The minimum Gasteiger partial charge on any atom is -0.481 e. The van der Waals surface area contributed by atoms with Crippen molar-refractivity contribution < 1.29 is 18.3 Å². The normalized spacial score (nSPS) is 13.5. The number of hydrogen-bond donors (Lipinski definition) is 1. The smallest absolute Gasteiger partial charge is 0.308 e. The summed E-state index contributed by atoms with van der Waals surface area (Å²) in [6.45, 7) is 1.83. The van der Waals surface area contributed by atoms with E-state index in [1.165, 1.54) is 28.8 Å². The molecule has 0 aromatic carbocycles. The summed E-state index contributed by atoms with van der Waals surface area (Å²) in [5, 5.41) is 10.7. The van der Waals surface area contributed by atoms with E-state index in [9.17, 15) is 13.2 Å². The second-order valence-electron chi connectivity index (χ2n) is 4.50. The lowest BCUT2D eigenvalue weighted by molar-refractivity contribution is -0.136. The second kappa shape index (κ2) is 6.27. The molecule has 0 amide bonds. The Morgan fingerprint density at radius 2 is 2.10 bits per heavy atom. The quantitative estimate of drug-likeness (QED) is 0.873. The van der Waals surface area contributed by atoms with E-state index in [4.69, 9.17) is 5.11 Å². The number of hydrogen-bond acceptors (Lipinski definition) is 5. The van der Waals surface area contributed by atoms with Gasteiger partial charge < -0.3 is 5.11 Å². The van der Waals surface area contributed by atoms with Crippen LogP contribution in [0.2, 0.25) is 0 Å². The van der Waals surface area contributed by atoms with Crippen LogP contribution in [0.1, 0.15) is 22.7 Å². The van der Waals surface area contributed by atoms with Gasteiger partial charge in [0.05, 0.1) is 12.5 Å².